The van der Waals surface area contributed by atoms with Crippen LogP contribution in [0.3, 0.4) is 0 Å². The Balaban J connectivity index is 2.22. The van der Waals surface area contributed by atoms with Gasteiger partial charge in [0.05, 0.1) is 5.56 Å². The molecule has 102 valence electrons. The molecule has 1 heterocycles. The van der Waals surface area contributed by atoms with Gasteiger partial charge in [0.2, 0.25) is 0 Å². The zero-order chi connectivity index (χ0) is 13.8. The summed E-state index contributed by atoms with van der Waals surface area (Å²) in [5.41, 5.74) is 6.52. The fourth-order valence-electron chi connectivity index (χ4n) is 2.86. The van der Waals surface area contributed by atoms with Crippen molar-refractivity contribution in [3.63, 3.8) is 0 Å². The highest BCUT2D eigenvalue weighted by Crippen LogP contribution is 2.25. The summed E-state index contributed by atoms with van der Waals surface area (Å²) in [4.78, 5) is 2.27. The molecule has 1 aromatic rings. The Labute approximate surface area is 113 Å². The molecule has 1 aromatic carbocycles. The summed E-state index contributed by atoms with van der Waals surface area (Å²) in [6.07, 6.45) is 3.37. The molecule has 0 amide bonds. The number of rotatable bonds is 3. The number of halogens is 1. The van der Waals surface area contributed by atoms with Gasteiger partial charge < -0.3 is 5.73 Å². The number of nitrogens with two attached hydrogens (primary N) is 1. The van der Waals surface area contributed by atoms with E-state index in [0.717, 1.165) is 12.8 Å². The third kappa shape index (κ3) is 2.94. The molecule has 1 aliphatic rings. The second kappa shape index (κ2) is 6.14. The van der Waals surface area contributed by atoms with Crippen molar-refractivity contribution in [2.75, 3.05) is 6.54 Å². The quantitative estimate of drug-likeness (QED) is 0.909. The van der Waals surface area contributed by atoms with Crippen LogP contribution in [-0.2, 0) is 6.54 Å². The monoisotopic (exact) mass is 261 g/mol. The van der Waals surface area contributed by atoms with Crippen LogP contribution in [0.15, 0.2) is 18.2 Å². The molecular formula is C15H20FN3. The topological polar surface area (TPSA) is 53.0 Å². The highest BCUT2D eigenvalue weighted by molar-refractivity contribution is 5.35. The maximum Gasteiger partial charge on any atom is 0.145 e. The fraction of sp³-hybridized carbons (Fsp3) is 0.533. The van der Waals surface area contributed by atoms with E-state index in [-0.39, 0.29) is 5.56 Å². The van der Waals surface area contributed by atoms with Crippen molar-refractivity contribution < 1.29 is 4.39 Å². The largest absolute Gasteiger partial charge is 0.329 e. The van der Waals surface area contributed by atoms with Gasteiger partial charge in [-0.15, -0.1) is 0 Å². The lowest BCUT2D eigenvalue weighted by Crippen LogP contribution is -2.48. The van der Waals surface area contributed by atoms with Crippen molar-refractivity contribution in [1.29, 1.82) is 5.26 Å². The van der Waals surface area contributed by atoms with Crippen LogP contribution in [-0.4, -0.2) is 23.5 Å². The molecule has 2 rings (SSSR count). The first-order valence-corrected chi connectivity index (χ1v) is 6.80. The smallest absolute Gasteiger partial charge is 0.145 e. The number of nitriles is 1. The van der Waals surface area contributed by atoms with E-state index in [4.69, 9.17) is 11.0 Å². The lowest BCUT2D eigenvalue weighted by atomic mass is 9.95. The van der Waals surface area contributed by atoms with Gasteiger partial charge in [0.1, 0.15) is 11.9 Å². The van der Waals surface area contributed by atoms with E-state index < -0.39 is 5.82 Å². The van der Waals surface area contributed by atoms with Crippen molar-refractivity contribution >= 4 is 0 Å². The highest BCUT2D eigenvalue weighted by Gasteiger charge is 2.27. The van der Waals surface area contributed by atoms with Gasteiger partial charge in [-0.25, -0.2) is 4.39 Å². The predicted octanol–water partition coefficient (Wildman–Crippen LogP) is 2.40. The van der Waals surface area contributed by atoms with E-state index in [1.54, 1.807) is 12.1 Å². The van der Waals surface area contributed by atoms with Crippen molar-refractivity contribution in [2.45, 2.75) is 44.8 Å². The van der Waals surface area contributed by atoms with Gasteiger partial charge in [-0.2, -0.15) is 5.26 Å². The van der Waals surface area contributed by atoms with Crippen molar-refractivity contribution in [2.24, 2.45) is 5.73 Å². The molecule has 19 heavy (non-hydrogen) atoms. The molecule has 2 atom stereocenters. The lowest BCUT2D eigenvalue weighted by molar-refractivity contribution is 0.0880. The van der Waals surface area contributed by atoms with Crippen LogP contribution < -0.4 is 5.73 Å². The van der Waals surface area contributed by atoms with Gasteiger partial charge >= 0.3 is 0 Å². The molecule has 4 heteroatoms. The van der Waals surface area contributed by atoms with Crippen molar-refractivity contribution in [3.05, 3.63) is 35.1 Å². The molecule has 3 nitrogen and oxygen atoms in total. The first kappa shape index (κ1) is 14.0. The lowest BCUT2D eigenvalue weighted by Gasteiger charge is -2.40. The number of hydrogen-bond acceptors (Lipinski definition) is 3. The first-order chi connectivity index (χ1) is 9.17. The third-order valence-electron chi connectivity index (χ3n) is 4.02. The van der Waals surface area contributed by atoms with E-state index >= 15 is 0 Å². The Morgan fingerprint density at radius 2 is 2.26 bits per heavy atom. The zero-order valence-electron chi connectivity index (χ0n) is 11.3. The molecule has 0 aliphatic carbocycles. The molecule has 0 bridgehead atoms. The summed E-state index contributed by atoms with van der Waals surface area (Å²) in [6, 6.07) is 7.62. The van der Waals surface area contributed by atoms with E-state index in [1.807, 2.05) is 6.07 Å². The van der Waals surface area contributed by atoms with Crippen LogP contribution in [0.2, 0.25) is 0 Å². The Kier molecular flexibility index (Phi) is 4.52. The molecule has 1 saturated heterocycles. The minimum absolute atomic E-state index is 0.117. The maximum atomic E-state index is 14.1. The van der Waals surface area contributed by atoms with Gasteiger partial charge in [-0.3, -0.25) is 4.90 Å². The molecule has 1 fully saturated rings. The van der Waals surface area contributed by atoms with E-state index in [0.29, 0.717) is 30.7 Å². The second-order valence-corrected chi connectivity index (χ2v) is 5.23. The Morgan fingerprint density at radius 3 is 2.95 bits per heavy atom. The van der Waals surface area contributed by atoms with Gasteiger partial charge in [-0.1, -0.05) is 18.6 Å². The van der Waals surface area contributed by atoms with Crippen LogP contribution in [0.5, 0.6) is 0 Å². The zero-order valence-corrected chi connectivity index (χ0v) is 11.3. The molecule has 2 unspecified atom stereocenters. The first-order valence-electron chi connectivity index (χ1n) is 6.80. The fourth-order valence-corrected chi connectivity index (χ4v) is 2.86. The average Bonchev–Trinajstić information content (AvgIpc) is 2.43. The van der Waals surface area contributed by atoms with Gasteiger partial charge in [-0.05, 0) is 25.8 Å². The standard InChI is InChI=1S/C15H20FN3/c1-11-4-2-7-14(9-18)19(11)10-13-6-3-5-12(8-17)15(13)16/h3,5-6,11,14H,2,4,7,9-10,18H2,1H3. The predicted molar refractivity (Wildman–Crippen MR) is 72.8 cm³/mol. The molecule has 0 saturated carbocycles. The summed E-state index contributed by atoms with van der Waals surface area (Å²) >= 11 is 0. The Morgan fingerprint density at radius 1 is 1.47 bits per heavy atom. The SMILES string of the molecule is CC1CCCC(CN)N1Cc1cccc(C#N)c1F. The summed E-state index contributed by atoms with van der Waals surface area (Å²) in [5.74, 6) is -0.390. The third-order valence-corrected chi connectivity index (χ3v) is 4.02. The van der Waals surface area contributed by atoms with E-state index in [9.17, 15) is 4.39 Å². The summed E-state index contributed by atoms with van der Waals surface area (Å²) in [7, 11) is 0. The van der Waals surface area contributed by atoms with Crippen LogP contribution in [0.4, 0.5) is 4.39 Å². The Bertz CT molecular complexity index is 481. The summed E-state index contributed by atoms with van der Waals surface area (Å²) in [5, 5.41) is 8.88. The molecule has 2 N–H and O–H groups in total. The molecule has 0 aromatic heterocycles. The minimum Gasteiger partial charge on any atom is -0.329 e. The maximum absolute atomic E-state index is 14.1. The molecule has 0 radical (unpaired) electrons. The summed E-state index contributed by atoms with van der Waals surface area (Å²) < 4.78 is 14.1. The molecule has 0 spiro atoms. The second-order valence-electron chi connectivity index (χ2n) is 5.23. The van der Waals surface area contributed by atoms with Crippen LogP contribution in [0.25, 0.3) is 0 Å². The van der Waals surface area contributed by atoms with Crippen LogP contribution in [0, 0.1) is 17.1 Å². The Hall–Kier alpha value is -1.44. The van der Waals surface area contributed by atoms with Crippen LogP contribution >= 0.6 is 0 Å². The van der Waals surface area contributed by atoms with Gasteiger partial charge in [0, 0.05) is 30.7 Å². The van der Waals surface area contributed by atoms with E-state index in [1.165, 1.54) is 12.5 Å². The minimum atomic E-state index is -0.390. The average molecular weight is 261 g/mol. The number of nitrogens with zero attached hydrogens (tertiary/aromatic N) is 2. The van der Waals surface area contributed by atoms with Gasteiger partial charge in [0.25, 0.3) is 0 Å². The molecule has 1 aliphatic heterocycles. The van der Waals surface area contributed by atoms with Gasteiger partial charge in [0.15, 0.2) is 0 Å². The number of hydrogen-bond donors (Lipinski definition) is 1. The number of likely N-dealkylation sites (tertiary alicyclic amines) is 1. The normalized spacial score (nSPS) is 24.1. The van der Waals surface area contributed by atoms with Crippen LogP contribution in [0.1, 0.15) is 37.3 Å². The van der Waals surface area contributed by atoms with Crippen molar-refractivity contribution in [3.8, 4) is 6.07 Å². The number of piperidine rings is 1. The van der Waals surface area contributed by atoms with Crippen molar-refractivity contribution in [1.82, 2.24) is 4.90 Å². The molecular weight excluding hydrogens is 241 g/mol. The highest BCUT2D eigenvalue weighted by atomic mass is 19.1. The number of benzene rings is 1. The summed E-state index contributed by atoms with van der Waals surface area (Å²) in [6.45, 7) is 3.29. The van der Waals surface area contributed by atoms with E-state index in [2.05, 4.69) is 11.8 Å².